The van der Waals surface area contributed by atoms with E-state index in [0.717, 1.165) is 0 Å². The molecule has 2 N–H and O–H groups in total. The Labute approximate surface area is 113 Å². The largest absolute Gasteiger partial charge is 0.492 e. The number of carbonyl (C=O) groups excluding carboxylic acids is 1. The fourth-order valence-electron chi connectivity index (χ4n) is 1.53. The molecule has 0 aromatic heterocycles. The minimum absolute atomic E-state index is 0.0485. The highest BCUT2D eigenvalue weighted by Crippen LogP contribution is 2.28. The zero-order chi connectivity index (χ0) is 13.5. The van der Waals surface area contributed by atoms with E-state index < -0.39 is 0 Å². The van der Waals surface area contributed by atoms with Crippen molar-refractivity contribution in [2.75, 3.05) is 25.5 Å². The van der Waals surface area contributed by atoms with Gasteiger partial charge in [-0.05, 0) is 26.1 Å². The van der Waals surface area contributed by atoms with Crippen LogP contribution in [0.1, 0.15) is 13.8 Å². The van der Waals surface area contributed by atoms with Gasteiger partial charge in [-0.3, -0.25) is 4.79 Å². The van der Waals surface area contributed by atoms with E-state index in [1.165, 1.54) is 0 Å². The Morgan fingerprint density at radius 1 is 1.50 bits per heavy atom. The molecule has 0 saturated carbocycles. The minimum atomic E-state index is -0.111. The molecule has 1 amide bonds. The van der Waals surface area contributed by atoms with Crippen molar-refractivity contribution in [1.82, 2.24) is 5.32 Å². The van der Waals surface area contributed by atoms with Gasteiger partial charge in [0.2, 0.25) is 5.91 Å². The molecule has 0 bridgehead atoms. The Bertz CT molecular complexity index is 410. The van der Waals surface area contributed by atoms with E-state index in [2.05, 4.69) is 10.6 Å². The maximum Gasteiger partial charge on any atom is 0.228 e. The summed E-state index contributed by atoms with van der Waals surface area (Å²) < 4.78 is 5.44. The Morgan fingerprint density at radius 3 is 2.83 bits per heavy atom. The number of halogens is 1. The number of hydrogen-bond acceptors (Lipinski definition) is 3. The first-order valence-electron chi connectivity index (χ1n) is 5.96. The molecule has 0 aliphatic heterocycles. The number of hydrogen-bond donors (Lipinski definition) is 2. The number of nitrogens with one attached hydrogen (secondary N) is 2. The first-order chi connectivity index (χ1) is 8.58. The summed E-state index contributed by atoms with van der Waals surface area (Å²) in [4.78, 5) is 11.9. The summed E-state index contributed by atoms with van der Waals surface area (Å²) in [6, 6.07) is 5.17. The van der Waals surface area contributed by atoms with Crippen molar-refractivity contribution in [3.8, 4) is 5.75 Å². The Morgan fingerprint density at radius 2 is 2.22 bits per heavy atom. The summed E-state index contributed by atoms with van der Waals surface area (Å²) in [5.41, 5.74) is 0.647. The van der Waals surface area contributed by atoms with Crippen LogP contribution in [0.4, 0.5) is 5.69 Å². The lowest BCUT2D eigenvalue weighted by Gasteiger charge is -2.15. The monoisotopic (exact) mass is 270 g/mol. The molecule has 0 saturated heterocycles. The quantitative estimate of drug-likeness (QED) is 0.835. The molecule has 0 aliphatic rings. The van der Waals surface area contributed by atoms with Crippen LogP contribution in [0.5, 0.6) is 5.75 Å². The second-order valence-corrected chi connectivity index (χ2v) is 4.46. The second kappa shape index (κ2) is 7.24. The molecular weight excluding hydrogens is 252 g/mol. The summed E-state index contributed by atoms with van der Waals surface area (Å²) >= 11 is 5.90. The molecule has 0 spiro atoms. The van der Waals surface area contributed by atoms with Crippen molar-refractivity contribution in [2.45, 2.75) is 13.8 Å². The van der Waals surface area contributed by atoms with Crippen LogP contribution in [-0.2, 0) is 4.79 Å². The highest BCUT2D eigenvalue weighted by molar-refractivity contribution is 6.30. The summed E-state index contributed by atoms with van der Waals surface area (Å²) in [6.45, 7) is 4.90. The molecule has 100 valence electrons. The predicted octanol–water partition coefficient (Wildman–Crippen LogP) is 2.53. The third-order valence-electron chi connectivity index (χ3n) is 2.46. The summed E-state index contributed by atoms with van der Waals surface area (Å²) in [7, 11) is 1.82. The van der Waals surface area contributed by atoms with Crippen molar-refractivity contribution in [1.29, 1.82) is 0 Å². The molecule has 0 fully saturated rings. The van der Waals surface area contributed by atoms with Crippen molar-refractivity contribution in [2.24, 2.45) is 5.92 Å². The number of carbonyl (C=O) groups is 1. The number of rotatable bonds is 6. The van der Waals surface area contributed by atoms with Crippen LogP contribution in [0.2, 0.25) is 5.02 Å². The molecule has 4 nitrogen and oxygen atoms in total. The Balaban J connectivity index is 2.80. The molecule has 1 aromatic rings. The Kier molecular flexibility index (Phi) is 5.95. The molecule has 0 heterocycles. The first kappa shape index (κ1) is 14.8. The molecule has 1 aromatic carbocycles. The van der Waals surface area contributed by atoms with E-state index in [0.29, 0.717) is 29.6 Å². The third-order valence-corrected chi connectivity index (χ3v) is 2.69. The lowest BCUT2D eigenvalue weighted by atomic mass is 10.1. The number of amides is 1. The maximum atomic E-state index is 11.9. The fourth-order valence-corrected chi connectivity index (χ4v) is 1.69. The second-order valence-electron chi connectivity index (χ2n) is 4.02. The zero-order valence-electron chi connectivity index (χ0n) is 10.9. The maximum absolute atomic E-state index is 11.9. The fraction of sp³-hybridized carbons (Fsp3) is 0.462. The molecule has 18 heavy (non-hydrogen) atoms. The van der Waals surface area contributed by atoms with Gasteiger partial charge >= 0.3 is 0 Å². The van der Waals surface area contributed by atoms with E-state index in [9.17, 15) is 4.79 Å². The first-order valence-corrected chi connectivity index (χ1v) is 6.34. The lowest BCUT2D eigenvalue weighted by Crippen LogP contribution is -2.28. The molecular formula is C13H19ClN2O2. The van der Waals surface area contributed by atoms with Crippen LogP contribution in [0.25, 0.3) is 0 Å². The molecule has 1 rings (SSSR count). The van der Waals surface area contributed by atoms with Gasteiger partial charge in [-0.2, -0.15) is 0 Å². The molecule has 1 unspecified atom stereocenters. The van der Waals surface area contributed by atoms with Gasteiger partial charge in [0.25, 0.3) is 0 Å². The highest BCUT2D eigenvalue weighted by Gasteiger charge is 2.14. The van der Waals surface area contributed by atoms with Gasteiger partial charge in [0, 0.05) is 23.6 Å². The van der Waals surface area contributed by atoms with Crippen molar-refractivity contribution in [3.05, 3.63) is 23.2 Å². The van der Waals surface area contributed by atoms with Gasteiger partial charge in [0.15, 0.2) is 0 Å². The lowest BCUT2D eigenvalue weighted by molar-refractivity contribution is -0.119. The molecule has 5 heteroatoms. The SMILES string of the molecule is CCOc1cc(Cl)ccc1NC(=O)C(C)CNC. The van der Waals surface area contributed by atoms with Crippen molar-refractivity contribution in [3.63, 3.8) is 0 Å². The summed E-state index contributed by atoms with van der Waals surface area (Å²) in [5.74, 6) is 0.433. The zero-order valence-corrected chi connectivity index (χ0v) is 11.7. The van der Waals surface area contributed by atoms with Gasteiger partial charge in [-0.1, -0.05) is 18.5 Å². The van der Waals surface area contributed by atoms with E-state index in [1.54, 1.807) is 18.2 Å². The average molecular weight is 271 g/mol. The van der Waals surface area contributed by atoms with Gasteiger partial charge in [0.1, 0.15) is 5.75 Å². The van der Waals surface area contributed by atoms with E-state index >= 15 is 0 Å². The van der Waals surface area contributed by atoms with E-state index in [-0.39, 0.29) is 11.8 Å². The summed E-state index contributed by atoms with van der Waals surface area (Å²) in [6.07, 6.45) is 0. The van der Waals surface area contributed by atoms with E-state index in [1.807, 2.05) is 20.9 Å². The smallest absolute Gasteiger partial charge is 0.228 e. The van der Waals surface area contributed by atoms with Crippen LogP contribution >= 0.6 is 11.6 Å². The number of benzene rings is 1. The third kappa shape index (κ3) is 4.20. The van der Waals surface area contributed by atoms with Crippen LogP contribution in [0.3, 0.4) is 0 Å². The van der Waals surface area contributed by atoms with Gasteiger partial charge < -0.3 is 15.4 Å². The van der Waals surface area contributed by atoms with Crippen molar-refractivity contribution >= 4 is 23.2 Å². The Hall–Kier alpha value is -1.26. The topological polar surface area (TPSA) is 50.4 Å². The summed E-state index contributed by atoms with van der Waals surface area (Å²) in [5, 5.41) is 6.40. The van der Waals surface area contributed by atoms with Crippen LogP contribution in [0.15, 0.2) is 18.2 Å². The van der Waals surface area contributed by atoms with Gasteiger partial charge in [-0.25, -0.2) is 0 Å². The van der Waals surface area contributed by atoms with E-state index in [4.69, 9.17) is 16.3 Å². The predicted molar refractivity (Wildman–Crippen MR) is 74.3 cm³/mol. The molecule has 1 atom stereocenters. The van der Waals surface area contributed by atoms with Crippen molar-refractivity contribution < 1.29 is 9.53 Å². The standard InChI is InChI=1S/C13H19ClN2O2/c1-4-18-12-7-10(14)5-6-11(12)16-13(17)9(2)8-15-3/h5-7,9,15H,4,8H2,1-3H3,(H,16,17). The normalized spacial score (nSPS) is 12.0. The average Bonchev–Trinajstić information content (AvgIpc) is 2.33. The number of anilines is 1. The highest BCUT2D eigenvalue weighted by atomic mass is 35.5. The minimum Gasteiger partial charge on any atom is -0.492 e. The van der Waals surface area contributed by atoms with Crippen LogP contribution < -0.4 is 15.4 Å². The molecule has 0 aliphatic carbocycles. The van der Waals surface area contributed by atoms with Gasteiger partial charge in [-0.15, -0.1) is 0 Å². The van der Waals surface area contributed by atoms with Gasteiger partial charge in [0.05, 0.1) is 12.3 Å². The number of ether oxygens (including phenoxy) is 1. The van der Waals surface area contributed by atoms with Crippen LogP contribution in [-0.4, -0.2) is 26.1 Å². The molecule has 0 radical (unpaired) electrons. The van der Waals surface area contributed by atoms with Crippen LogP contribution in [0, 0.1) is 5.92 Å².